The third-order valence-electron chi connectivity index (χ3n) is 2.45. The average Bonchev–Trinajstić information content (AvgIpc) is 2.48. The van der Waals surface area contributed by atoms with Crippen molar-refractivity contribution in [2.24, 2.45) is 0 Å². The van der Waals surface area contributed by atoms with E-state index in [1.54, 1.807) is 21.0 Å². The van der Waals surface area contributed by atoms with Crippen molar-refractivity contribution in [1.82, 2.24) is 0 Å². The Morgan fingerprint density at radius 1 is 0.857 bits per heavy atom. The maximum Gasteiger partial charge on any atom is 0.0781 e. The van der Waals surface area contributed by atoms with E-state index in [4.69, 9.17) is 29.2 Å². The molecular formula is C15H34O6. The number of rotatable bonds is 11. The highest BCUT2D eigenvalue weighted by Gasteiger charge is 2.07. The van der Waals surface area contributed by atoms with Gasteiger partial charge in [-0.05, 0) is 34.6 Å². The summed E-state index contributed by atoms with van der Waals surface area (Å²) in [7, 11) is 1.68. The van der Waals surface area contributed by atoms with Crippen molar-refractivity contribution >= 4 is 0 Å². The molecule has 0 bridgehead atoms. The van der Waals surface area contributed by atoms with Crippen molar-refractivity contribution in [2.45, 2.75) is 59.0 Å². The summed E-state index contributed by atoms with van der Waals surface area (Å²) in [6, 6.07) is 0. The van der Waals surface area contributed by atoms with Gasteiger partial charge in [0.05, 0.1) is 50.8 Å². The van der Waals surface area contributed by atoms with Gasteiger partial charge >= 0.3 is 0 Å². The first kappa shape index (κ1) is 23.0. The fourth-order valence-electron chi connectivity index (χ4n) is 1.06. The molecule has 4 unspecified atom stereocenters. The molecule has 0 fully saturated rings. The van der Waals surface area contributed by atoms with E-state index in [9.17, 15) is 0 Å². The van der Waals surface area contributed by atoms with Crippen LogP contribution in [0.3, 0.4) is 0 Å². The third kappa shape index (κ3) is 19.8. The van der Waals surface area contributed by atoms with Crippen LogP contribution >= 0.6 is 0 Å². The van der Waals surface area contributed by atoms with Crippen LogP contribution in [-0.4, -0.2) is 74.8 Å². The molecule has 0 saturated carbocycles. The summed E-state index contributed by atoms with van der Waals surface area (Å²) in [5.74, 6) is 0. The van der Waals surface area contributed by atoms with Gasteiger partial charge in [0.1, 0.15) is 0 Å². The van der Waals surface area contributed by atoms with Gasteiger partial charge in [-0.3, -0.25) is 0 Å². The summed E-state index contributed by atoms with van der Waals surface area (Å²) in [6.45, 7) is 11.5. The zero-order valence-corrected chi connectivity index (χ0v) is 14.4. The van der Waals surface area contributed by atoms with Gasteiger partial charge in [-0.1, -0.05) is 0 Å². The highest BCUT2D eigenvalue weighted by atomic mass is 16.5. The predicted molar refractivity (Wildman–Crippen MR) is 82.6 cm³/mol. The number of aliphatic hydroxyl groups is 2. The average molecular weight is 310 g/mol. The number of aliphatic hydroxyl groups excluding tert-OH is 2. The SMILES string of the molecule is CC(O)COC(C)COC(C)CO.CCOCC(C)OC. The van der Waals surface area contributed by atoms with E-state index in [2.05, 4.69) is 0 Å². The minimum atomic E-state index is -0.447. The molecule has 0 aromatic heterocycles. The number of hydrogen-bond donors (Lipinski definition) is 2. The number of ether oxygens (including phenoxy) is 4. The minimum absolute atomic E-state index is 0.0170. The lowest BCUT2D eigenvalue weighted by atomic mass is 10.4. The molecule has 0 aliphatic heterocycles. The van der Waals surface area contributed by atoms with Gasteiger partial charge in [0.15, 0.2) is 0 Å². The summed E-state index contributed by atoms with van der Waals surface area (Å²) >= 11 is 0. The third-order valence-corrected chi connectivity index (χ3v) is 2.45. The lowest BCUT2D eigenvalue weighted by Crippen LogP contribution is -2.24. The Balaban J connectivity index is 0. The second-order valence-corrected chi connectivity index (χ2v) is 5.03. The lowest BCUT2D eigenvalue weighted by Gasteiger charge is -2.16. The van der Waals surface area contributed by atoms with Gasteiger partial charge in [-0.25, -0.2) is 0 Å². The summed E-state index contributed by atoms with van der Waals surface area (Å²) in [5.41, 5.74) is 0. The van der Waals surface area contributed by atoms with E-state index in [1.165, 1.54) is 0 Å². The quantitative estimate of drug-likeness (QED) is 0.598. The Bertz CT molecular complexity index is 201. The molecule has 6 nitrogen and oxygen atoms in total. The van der Waals surface area contributed by atoms with E-state index < -0.39 is 6.10 Å². The molecule has 0 saturated heterocycles. The van der Waals surface area contributed by atoms with Crippen LogP contribution in [0.5, 0.6) is 0 Å². The lowest BCUT2D eigenvalue weighted by molar-refractivity contribution is -0.0620. The number of hydrogen-bond acceptors (Lipinski definition) is 6. The van der Waals surface area contributed by atoms with Gasteiger partial charge in [0.25, 0.3) is 0 Å². The molecule has 0 spiro atoms. The van der Waals surface area contributed by atoms with Crippen LogP contribution in [-0.2, 0) is 18.9 Å². The van der Waals surface area contributed by atoms with Crippen molar-refractivity contribution in [1.29, 1.82) is 0 Å². The Morgan fingerprint density at radius 2 is 1.43 bits per heavy atom. The van der Waals surface area contributed by atoms with Crippen molar-refractivity contribution < 1.29 is 29.2 Å². The molecule has 2 N–H and O–H groups in total. The number of methoxy groups -OCH3 is 1. The van der Waals surface area contributed by atoms with Crippen LogP contribution in [0.2, 0.25) is 0 Å². The molecule has 4 atom stereocenters. The van der Waals surface area contributed by atoms with Crippen molar-refractivity contribution in [3.8, 4) is 0 Å². The van der Waals surface area contributed by atoms with Gasteiger partial charge in [0, 0.05) is 13.7 Å². The second-order valence-electron chi connectivity index (χ2n) is 5.03. The van der Waals surface area contributed by atoms with E-state index in [1.807, 2.05) is 20.8 Å². The molecule has 21 heavy (non-hydrogen) atoms. The normalized spacial score (nSPS) is 16.6. The van der Waals surface area contributed by atoms with E-state index in [0.29, 0.717) is 19.8 Å². The standard InChI is InChI=1S/C9H20O4.C6H14O2/c1-7(11)5-12-9(3)6-13-8(2)4-10;1-4-8-5-6(2)7-3/h7-11H,4-6H2,1-3H3;6H,4-5H2,1-3H3. The fourth-order valence-corrected chi connectivity index (χ4v) is 1.06. The Morgan fingerprint density at radius 3 is 1.86 bits per heavy atom. The zero-order valence-electron chi connectivity index (χ0n) is 14.4. The highest BCUT2D eigenvalue weighted by Crippen LogP contribution is 1.97. The Labute approximate surface area is 129 Å². The molecule has 6 heteroatoms. The van der Waals surface area contributed by atoms with Crippen LogP contribution in [0.15, 0.2) is 0 Å². The summed E-state index contributed by atoms with van der Waals surface area (Å²) < 4.78 is 20.5. The van der Waals surface area contributed by atoms with E-state index in [0.717, 1.165) is 6.61 Å². The fraction of sp³-hybridized carbons (Fsp3) is 1.00. The van der Waals surface area contributed by atoms with Crippen LogP contribution in [0.25, 0.3) is 0 Å². The molecule has 0 aromatic carbocycles. The van der Waals surface area contributed by atoms with Gasteiger partial charge < -0.3 is 29.2 Å². The second kappa shape index (κ2) is 16.1. The van der Waals surface area contributed by atoms with Crippen molar-refractivity contribution in [3.63, 3.8) is 0 Å². The van der Waals surface area contributed by atoms with Gasteiger partial charge in [-0.15, -0.1) is 0 Å². The van der Waals surface area contributed by atoms with E-state index in [-0.39, 0.29) is 24.9 Å². The topological polar surface area (TPSA) is 77.4 Å². The van der Waals surface area contributed by atoms with Crippen LogP contribution in [0.4, 0.5) is 0 Å². The molecule has 0 radical (unpaired) electrons. The Kier molecular flexibility index (Phi) is 17.7. The molecule has 0 aromatic rings. The predicted octanol–water partition coefficient (Wildman–Crippen LogP) is 1.23. The Hall–Kier alpha value is -0.240. The first-order chi connectivity index (χ1) is 9.87. The first-order valence-electron chi connectivity index (χ1n) is 7.49. The maximum absolute atomic E-state index is 8.92. The van der Waals surface area contributed by atoms with E-state index >= 15 is 0 Å². The first-order valence-corrected chi connectivity index (χ1v) is 7.49. The van der Waals surface area contributed by atoms with Gasteiger partial charge in [-0.2, -0.15) is 0 Å². The summed E-state index contributed by atoms with van der Waals surface area (Å²) in [6.07, 6.45) is -0.422. The molecule has 0 heterocycles. The molecular weight excluding hydrogens is 276 g/mol. The van der Waals surface area contributed by atoms with Crippen molar-refractivity contribution in [3.05, 3.63) is 0 Å². The maximum atomic E-state index is 8.92. The smallest absolute Gasteiger partial charge is 0.0781 e. The van der Waals surface area contributed by atoms with Gasteiger partial charge in [0.2, 0.25) is 0 Å². The molecule has 0 amide bonds. The minimum Gasteiger partial charge on any atom is -0.394 e. The molecule has 130 valence electrons. The summed E-state index contributed by atoms with van der Waals surface area (Å²) in [5, 5.41) is 17.6. The van der Waals surface area contributed by atoms with Crippen LogP contribution in [0, 0.1) is 0 Å². The summed E-state index contributed by atoms with van der Waals surface area (Å²) in [4.78, 5) is 0. The van der Waals surface area contributed by atoms with Crippen LogP contribution < -0.4 is 0 Å². The van der Waals surface area contributed by atoms with Crippen LogP contribution in [0.1, 0.15) is 34.6 Å². The monoisotopic (exact) mass is 310 g/mol. The van der Waals surface area contributed by atoms with Crippen molar-refractivity contribution in [2.75, 3.05) is 40.1 Å². The molecule has 0 rings (SSSR count). The molecule has 0 aliphatic rings. The largest absolute Gasteiger partial charge is 0.394 e. The zero-order chi connectivity index (χ0) is 16.7. The highest BCUT2D eigenvalue weighted by molar-refractivity contribution is 4.52. The molecule has 0 aliphatic carbocycles.